The number of hydrogen-bond acceptors (Lipinski definition) is 4. The fourth-order valence-corrected chi connectivity index (χ4v) is 2.30. The van der Waals surface area contributed by atoms with E-state index < -0.39 is 6.04 Å². The van der Waals surface area contributed by atoms with Crippen LogP contribution >= 0.6 is 0 Å². The maximum atomic E-state index is 12.1. The fraction of sp³-hybridized carbons (Fsp3) is 0.263. The average molecular weight is 326 g/mol. The second kappa shape index (κ2) is 9.47. The molecular formula is C19H22N2O3. The van der Waals surface area contributed by atoms with Crippen LogP contribution in [0.4, 0.5) is 0 Å². The van der Waals surface area contributed by atoms with Crippen LogP contribution in [0.3, 0.4) is 0 Å². The van der Waals surface area contributed by atoms with Crippen molar-refractivity contribution in [3.05, 3.63) is 71.8 Å². The molecule has 0 aromatic heterocycles. The first-order valence-electron chi connectivity index (χ1n) is 7.93. The molecule has 3 N–H and O–H groups in total. The van der Waals surface area contributed by atoms with Crippen LogP contribution in [0.1, 0.15) is 30.0 Å². The van der Waals surface area contributed by atoms with Gasteiger partial charge in [0.2, 0.25) is 5.91 Å². The topological polar surface area (TPSA) is 81.4 Å². The molecular weight excluding hydrogens is 304 g/mol. The highest BCUT2D eigenvalue weighted by Gasteiger charge is 2.19. The zero-order valence-electron chi connectivity index (χ0n) is 13.5. The molecule has 0 fully saturated rings. The molecule has 0 aliphatic carbocycles. The van der Waals surface area contributed by atoms with E-state index in [0.717, 1.165) is 11.1 Å². The van der Waals surface area contributed by atoms with Gasteiger partial charge < -0.3 is 15.8 Å². The number of esters is 1. The lowest BCUT2D eigenvalue weighted by atomic mass is 10.0. The minimum atomic E-state index is -0.423. The van der Waals surface area contributed by atoms with Crippen LogP contribution in [0.2, 0.25) is 0 Å². The third kappa shape index (κ3) is 5.85. The fourth-order valence-electron chi connectivity index (χ4n) is 2.30. The van der Waals surface area contributed by atoms with Crippen molar-refractivity contribution >= 4 is 11.9 Å². The summed E-state index contributed by atoms with van der Waals surface area (Å²) in [5.74, 6) is -0.539. The number of nitrogens with one attached hydrogen (secondary N) is 1. The van der Waals surface area contributed by atoms with Gasteiger partial charge in [-0.15, -0.1) is 0 Å². The Morgan fingerprint density at radius 2 is 1.62 bits per heavy atom. The van der Waals surface area contributed by atoms with Crippen LogP contribution in [-0.4, -0.2) is 18.4 Å². The Morgan fingerprint density at radius 1 is 1.00 bits per heavy atom. The van der Waals surface area contributed by atoms with E-state index in [1.54, 1.807) is 0 Å². The monoisotopic (exact) mass is 326 g/mol. The van der Waals surface area contributed by atoms with Crippen molar-refractivity contribution in [1.29, 1.82) is 0 Å². The van der Waals surface area contributed by atoms with Crippen molar-refractivity contribution in [3.8, 4) is 0 Å². The highest BCUT2D eigenvalue weighted by Crippen LogP contribution is 2.18. The molecule has 0 radical (unpaired) electrons. The molecule has 0 aliphatic rings. The number of benzene rings is 2. The molecule has 24 heavy (non-hydrogen) atoms. The van der Waals surface area contributed by atoms with Crippen molar-refractivity contribution in [1.82, 2.24) is 5.32 Å². The van der Waals surface area contributed by atoms with Crippen LogP contribution in [0.5, 0.6) is 0 Å². The van der Waals surface area contributed by atoms with E-state index in [-0.39, 0.29) is 37.9 Å². The standard InChI is InChI=1S/C19H22N2O3/c20-12-11-18(22)21-17(16-9-5-2-6-10-16)13-19(23)24-14-15-7-3-1-4-8-15/h1-10,17H,11-14,20H2,(H,21,22)/t17-/m0/s1. The molecule has 0 spiro atoms. The van der Waals surface area contributed by atoms with Gasteiger partial charge in [-0.1, -0.05) is 60.7 Å². The minimum absolute atomic E-state index is 0.0765. The summed E-state index contributed by atoms with van der Waals surface area (Å²) in [4.78, 5) is 24.0. The summed E-state index contributed by atoms with van der Waals surface area (Å²) in [6.45, 7) is 0.490. The van der Waals surface area contributed by atoms with Gasteiger partial charge in [-0.2, -0.15) is 0 Å². The summed E-state index contributed by atoms with van der Waals surface area (Å²) in [6, 6.07) is 18.4. The molecule has 2 rings (SSSR count). The van der Waals surface area contributed by atoms with Crippen LogP contribution < -0.4 is 11.1 Å². The summed E-state index contributed by atoms with van der Waals surface area (Å²) >= 11 is 0. The lowest BCUT2D eigenvalue weighted by Gasteiger charge is -2.18. The molecule has 1 atom stereocenters. The average Bonchev–Trinajstić information content (AvgIpc) is 2.61. The quantitative estimate of drug-likeness (QED) is 0.730. The Morgan fingerprint density at radius 3 is 2.25 bits per heavy atom. The molecule has 5 heteroatoms. The summed E-state index contributed by atoms with van der Waals surface area (Å²) in [7, 11) is 0. The van der Waals surface area contributed by atoms with E-state index >= 15 is 0 Å². The molecule has 0 bridgehead atoms. The summed E-state index contributed by atoms with van der Waals surface area (Å²) < 4.78 is 5.31. The van der Waals surface area contributed by atoms with Crippen molar-refractivity contribution in [2.24, 2.45) is 5.73 Å². The smallest absolute Gasteiger partial charge is 0.308 e. The van der Waals surface area contributed by atoms with Gasteiger partial charge in [-0.25, -0.2) is 0 Å². The number of nitrogens with two attached hydrogens (primary N) is 1. The normalized spacial score (nSPS) is 11.5. The van der Waals surface area contributed by atoms with Crippen LogP contribution in [-0.2, 0) is 20.9 Å². The molecule has 0 unspecified atom stereocenters. The van der Waals surface area contributed by atoms with Gasteiger partial charge in [0, 0.05) is 13.0 Å². The first-order valence-corrected chi connectivity index (χ1v) is 7.93. The second-order valence-electron chi connectivity index (χ2n) is 5.42. The van der Waals surface area contributed by atoms with Gasteiger partial charge in [-0.3, -0.25) is 9.59 Å². The maximum Gasteiger partial charge on any atom is 0.308 e. The molecule has 0 heterocycles. The Balaban J connectivity index is 1.96. The van der Waals surface area contributed by atoms with Gasteiger partial charge in [0.05, 0.1) is 12.5 Å². The Labute approximate surface area is 141 Å². The van der Waals surface area contributed by atoms with Crippen molar-refractivity contribution in [3.63, 3.8) is 0 Å². The number of amides is 1. The van der Waals surface area contributed by atoms with E-state index in [4.69, 9.17) is 10.5 Å². The Kier molecular flexibility index (Phi) is 6.98. The maximum absolute atomic E-state index is 12.1. The first kappa shape index (κ1) is 17.7. The predicted molar refractivity (Wildman–Crippen MR) is 91.9 cm³/mol. The second-order valence-corrected chi connectivity index (χ2v) is 5.42. The summed E-state index contributed by atoms with van der Waals surface area (Å²) in [6.07, 6.45) is 0.301. The number of rotatable bonds is 8. The lowest BCUT2D eigenvalue weighted by molar-refractivity contribution is -0.145. The predicted octanol–water partition coefficient (Wildman–Crippen LogP) is 2.33. The molecule has 126 valence electrons. The van der Waals surface area contributed by atoms with Crippen molar-refractivity contribution in [2.75, 3.05) is 6.54 Å². The number of carbonyl (C=O) groups excluding carboxylic acids is 2. The van der Waals surface area contributed by atoms with Gasteiger partial charge in [0.25, 0.3) is 0 Å². The van der Waals surface area contributed by atoms with Crippen LogP contribution in [0.25, 0.3) is 0 Å². The van der Waals surface area contributed by atoms with E-state index in [0.29, 0.717) is 0 Å². The Bertz CT molecular complexity index is 644. The van der Waals surface area contributed by atoms with E-state index in [2.05, 4.69) is 5.32 Å². The van der Waals surface area contributed by atoms with Crippen LogP contribution in [0, 0.1) is 0 Å². The summed E-state index contributed by atoms with van der Waals surface area (Å²) in [5, 5.41) is 2.84. The van der Waals surface area contributed by atoms with Crippen molar-refractivity contribution in [2.45, 2.75) is 25.5 Å². The Hall–Kier alpha value is -2.66. The highest BCUT2D eigenvalue weighted by atomic mass is 16.5. The van der Waals surface area contributed by atoms with Gasteiger partial charge >= 0.3 is 5.97 Å². The van der Waals surface area contributed by atoms with Gasteiger partial charge in [-0.05, 0) is 11.1 Å². The molecule has 2 aromatic carbocycles. The minimum Gasteiger partial charge on any atom is -0.461 e. The van der Waals surface area contributed by atoms with Crippen molar-refractivity contribution < 1.29 is 14.3 Å². The summed E-state index contributed by atoms with van der Waals surface area (Å²) in [5.41, 5.74) is 7.19. The third-order valence-corrected chi connectivity index (χ3v) is 3.52. The molecule has 0 saturated heterocycles. The largest absolute Gasteiger partial charge is 0.461 e. The zero-order chi connectivity index (χ0) is 17.2. The molecule has 1 amide bonds. The highest BCUT2D eigenvalue weighted by molar-refractivity contribution is 5.78. The van der Waals surface area contributed by atoms with Crippen LogP contribution in [0.15, 0.2) is 60.7 Å². The van der Waals surface area contributed by atoms with E-state index in [9.17, 15) is 9.59 Å². The number of carbonyl (C=O) groups is 2. The zero-order valence-corrected chi connectivity index (χ0v) is 13.5. The first-order chi connectivity index (χ1) is 11.7. The SMILES string of the molecule is NCCC(=O)N[C@@H](CC(=O)OCc1ccccc1)c1ccccc1. The van der Waals surface area contributed by atoms with Gasteiger partial charge in [0.1, 0.15) is 6.61 Å². The van der Waals surface area contributed by atoms with Gasteiger partial charge in [0.15, 0.2) is 0 Å². The third-order valence-electron chi connectivity index (χ3n) is 3.52. The van der Waals surface area contributed by atoms with E-state index in [1.807, 2.05) is 60.7 Å². The lowest BCUT2D eigenvalue weighted by Crippen LogP contribution is -2.31. The number of hydrogen-bond donors (Lipinski definition) is 2. The molecule has 0 saturated carbocycles. The molecule has 0 aliphatic heterocycles. The molecule has 2 aromatic rings. The van der Waals surface area contributed by atoms with E-state index in [1.165, 1.54) is 0 Å². The molecule has 5 nitrogen and oxygen atoms in total. The number of ether oxygens (including phenoxy) is 1.